The minimum Gasteiger partial charge on any atom is -0.293 e. The molecule has 1 aliphatic carbocycles. The molecule has 134 valence electrons. The average molecular weight is 405 g/mol. The zero-order valence-electron chi connectivity index (χ0n) is 14.4. The number of aromatic nitrogens is 1. The normalized spacial score (nSPS) is 13.2. The summed E-state index contributed by atoms with van der Waals surface area (Å²) >= 11 is 13.2. The number of hydrogen-bond acceptors (Lipinski definition) is 4. The Morgan fingerprint density at radius 1 is 1.23 bits per heavy atom. The number of aryl methyl sites for hydroxylation is 1. The molecule has 2 aromatic rings. The maximum atomic E-state index is 12.5. The maximum Gasteiger partial charge on any atom is 0.173 e. The van der Waals surface area contributed by atoms with Crippen LogP contribution in [0.1, 0.15) is 52.5 Å². The molecule has 3 rings (SSSR count). The zero-order valence-corrected chi connectivity index (χ0v) is 16.8. The van der Waals surface area contributed by atoms with Gasteiger partial charge in [0.05, 0.1) is 21.4 Å². The molecule has 1 heterocycles. The Balaban J connectivity index is 1.86. The average Bonchev–Trinajstić information content (AvgIpc) is 2.67. The van der Waals surface area contributed by atoms with Gasteiger partial charge < -0.3 is 0 Å². The Kier molecular flexibility index (Phi) is 6.24. The van der Waals surface area contributed by atoms with E-state index in [4.69, 9.17) is 28.2 Å². The lowest BCUT2D eigenvalue weighted by Crippen LogP contribution is -2.13. The van der Waals surface area contributed by atoms with Gasteiger partial charge in [-0.1, -0.05) is 41.9 Å². The van der Waals surface area contributed by atoms with Crippen molar-refractivity contribution in [1.29, 1.82) is 5.26 Å². The molecular weight excluding hydrogens is 387 g/mol. The molecule has 1 aromatic heterocycles. The largest absolute Gasteiger partial charge is 0.293 e. The Morgan fingerprint density at radius 3 is 2.62 bits per heavy atom. The summed E-state index contributed by atoms with van der Waals surface area (Å²) in [5.74, 6) is 0.150. The van der Waals surface area contributed by atoms with Crippen LogP contribution in [0.3, 0.4) is 0 Å². The maximum absolute atomic E-state index is 12.5. The van der Waals surface area contributed by atoms with Crippen molar-refractivity contribution < 1.29 is 4.79 Å². The Bertz CT molecular complexity index is 906. The van der Waals surface area contributed by atoms with E-state index < -0.39 is 0 Å². The number of benzene rings is 1. The van der Waals surface area contributed by atoms with Gasteiger partial charge in [-0.2, -0.15) is 5.26 Å². The molecule has 0 aliphatic heterocycles. The van der Waals surface area contributed by atoms with Gasteiger partial charge in [-0.25, -0.2) is 4.98 Å². The first-order valence-electron chi connectivity index (χ1n) is 8.61. The van der Waals surface area contributed by atoms with Crippen molar-refractivity contribution in [2.45, 2.75) is 44.1 Å². The number of carbonyl (C=O) groups is 1. The van der Waals surface area contributed by atoms with Gasteiger partial charge in [-0.15, -0.1) is 0 Å². The molecule has 0 amide bonds. The van der Waals surface area contributed by atoms with Gasteiger partial charge in [0.2, 0.25) is 0 Å². The molecule has 0 fully saturated rings. The number of pyridine rings is 1. The van der Waals surface area contributed by atoms with Gasteiger partial charge in [0.1, 0.15) is 11.1 Å². The molecule has 0 saturated heterocycles. The molecule has 0 unspecified atom stereocenters. The third-order valence-electron chi connectivity index (χ3n) is 4.60. The highest BCUT2D eigenvalue weighted by molar-refractivity contribution is 8.00. The number of hydrogen-bond donors (Lipinski definition) is 0. The van der Waals surface area contributed by atoms with E-state index in [1.807, 2.05) is 0 Å². The van der Waals surface area contributed by atoms with Crippen LogP contribution in [0.4, 0.5) is 0 Å². The van der Waals surface area contributed by atoms with Gasteiger partial charge in [0.25, 0.3) is 0 Å². The molecule has 1 aromatic carbocycles. The highest BCUT2D eigenvalue weighted by atomic mass is 35.5. The molecule has 0 saturated carbocycles. The van der Waals surface area contributed by atoms with Crippen molar-refractivity contribution in [2.75, 3.05) is 5.75 Å². The van der Waals surface area contributed by atoms with E-state index in [9.17, 15) is 10.1 Å². The summed E-state index contributed by atoms with van der Waals surface area (Å²) in [4.78, 5) is 17.2. The lowest BCUT2D eigenvalue weighted by molar-refractivity contribution is 0.102. The number of nitrogens with zero attached hydrogens (tertiary/aromatic N) is 2. The molecular formula is C20H18Cl2N2OS. The van der Waals surface area contributed by atoms with E-state index in [2.05, 4.69) is 13.0 Å². The smallest absolute Gasteiger partial charge is 0.173 e. The molecule has 0 bridgehead atoms. The predicted molar refractivity (Wildman–Crippen MR) is 106 cm³/mol. The Morgan fingerprint density at radius 2 is 1.96 bits per heavy atom. The number of halogens is 2. The van der Waals surface area contributed by atoms with Gasteiger partial charge in [0, 0.05) is 11.3 Å². The van der Waals surface area contributed by atoms with Crippen LogP contribution in [0.15, 0.2) is 23.2 Å². The van der Waals surface area contributed by atoms with Gasteiger partial charge in [-0.3, -0.25) is 4.79 Å². The number of carbonyl (C=O) groups excluding carboxylic acids is 1. The van der Waals surface area contributed by atoms with E-state index in [1.165, 1.54) is 17.3 Å². The first-order valence-corrected chi connectivity index (χ1v) is 10.3. The van der Waals surface area contributed by atoms with Crippen LogP contribution in [0.2, 0.25) is 10.0 Å². The number of fused-ring (bicyclic) bond motifs is 1. The summed E-state index contributed by atoms with van der Waals surface area (Å²) < 4.78 is 0. The lowest BCUT2D eigenvalue weighted by atomic mass is 9.87. The SMILES string of the molecule is CCc1nc(SCC(=O)c2ccc(Cl)c(Cl)c2)c(C#N)c2c1CCCC2. The number of rotatable bonds is 5. The highest BCUT2D eigenvalue weighted by Gasteiger charge is 2.22. The summed E-state index contributed by atoms with van der Waals surface area (Å²) in [5.41, 5.74) is 4.59. The summed E-state index contributed by atoms with van der Waals surface area (Å²) in [6, 6.07) is 7.19. The predicted octanol–water partition coefficient (Wildman–Crippen LogP) is 5.68. The second kappa shape index (κ2) is 8.43. The van der Waals surface area contributed by atoms with Crippen molar-refractivity contribution in [3.05, 3.63) is 56.2 Å². The fourth-order valence-corrected chi connectivity index (χ4v) is 4.49. The molecule has 0 atom stereocenters. The third kappa shape index (κ3) is 3.91. The minimum atomic E-state index is -0.0602. The second-order valence-corrected chi connectivity index (χ2v) is 7.99. The molecule has 0 spiro atoms. The summed E-state index contributed by atoms with van der Waals surface area (Å²) in [5, 5.41) is 11.1. The van der Waals surface area contributed by atoms with Crippen LogP contribution in [0.25, 0.3) is 0 Å². The van der Waals surface area contributed by atoms with Crippen LogP contribution in [0.5, 0.6) is 0 Å². The number of ketones is 1. The van der Waals surface area contributed by atoms with Crippen molar-refractivity contribution in [3.8, 4) is 6.07 Å². The third-order valence-corrected chi connectivity index (χ3v) is 6.31. The first-order chi connectivity index (χ1) is 12.5. The summed E-state index contributed by atoms with van der Waals surface area (Å²) in [7, 11) is 0. The highest BCUT2D eigenvalue weighted by Crippen LogP contribution is 2.33. The van der Waals surface area contributed by atoms with Gasteiger partial charge >= 0.3 is 0 Å². The van der Waals surface area contributed by atoms with Crippen molar-refractivity contribution in [2.24, 2.45) is 0 Å². The van der Waals surface area contributed by atoms with E-state index in [-0.39, 0.29) is 11.5 Å². The molecule has 1 aliphatic rings. The summed E-state index contributed by atoms with van der Waals surface area (Å²) in [6.07, 6.45) is 4.99. The van der Waals surface area contributed by atoms with E-state index in [0.717, 1.165) is 43.4 Å². The van der Waals surface area contributed by atoms with Crippen molar-refractivity contribution >= 4 is 40.7 Å². The van der Waals surface area contributed by atoms with E-state index in [0.29, 0.717) is 26.2 Å². The first kappa shape index (κ1) is 19.2. The fraction of sp³-hybridized carbons (Fsp3) is 0.350. The zero-order chi connectivity index (χ0) is 18.7. The fourth-order valence-electron chi connectivity index (χ4n) is 3.27. The molecule has 6 heteroatoms. The molecule has 3 nitrogen and oxygen atoms in total. The van der Waals surface area contributed by atoms with Crippen LogP contribution < -0.4 is 0 Å². The minimum absolute atomic E-state index is 0.0602. The van der Waals surface area contributed by atoms with E-state index >= 15 is 0 Å². The molecule has 0 radical (unpaired) electrons. The standard InChI is InChI=1S/C20H18Cl2N2OS/c1-2-18-14-6-4-3-5-13(14)15(10-23)20(24-18)26-11-19(25)12-7-8-16(21)17(22)9-12/h7-9H,2-6,11H2,1H3. The number of thioether (sulfide) groups is 1. The van der Waals surface area contributed by atoms with Crippen LogP contribution in [-0.2, 0) is 19.3 Å². The van der Waals surface area contributed by atoms with Crippen molar-refractivity contribution in [1.82, 2.24) is 4.98 Å². The van der Waals surface area contributed by atoms with Gasteiger partial charge in [-0.05, 0) is 61.4 Å². The number of Topliss-reactive ketones (excluding diaryl/α,β-unsaturated/α-hetero) is 1. The van der Waals surface area contributed by atoms with E-state index in [1.54, 1.807) is 18.2 Å². The number of nitriles is 1. The van der Waals surface area contributed by atoms with Crippen LogP contribution in [-0.4, -0.2) is 16.5 Å². The Labute approximate surface area is 167 Å². The quantitative estimate of drug-likeness (QED) is 0.475. The van der Waals surface area contributed by atoms with Crippen LogP contribution >= 0.6 is 35.0 Å². The van der Waals surface area contributed by atoms with Crippen molar-refractivity contribution in [3.63, 3.8) is 0 Å². The monoisotopic (exact) mass is 404 g/mol. The lowest BCUT2D eigenvalue weighted by Gasteiger charge is -2.21. The Hall–Kier alpha value is -1.54. The van der Waals surface area contributed by atoms with Crippen LogP contribution in [0, 0.1) is 11.3 Å². The topological polar surface area (TPSA) is 53.8 Å². The van der Waals surface area contributed by atoms with Gasteiger partial charge in [0.15, 0.2) is 5.78 Å². The molecule has 26 heavy (non-hydrogen) atoms. The summed E-state index contributed by atoms with van der Waals surface area (Å²) in [6.45, 7) is 2.08. The second-order valence-electron chi connectivity index (χ2n) is 6.21. The molecule has 0 N–H and O–H groups in total.